The molecule has 0 aliphatic rings. The van der Waals surface area contributed by atoms with Crippen LogP contribution in [-0.2, 0) is 4.79 Å². The summed E-state index contributed by atoms with van der Waals surface area (Å²) in [5.41, 5.74) is 1.23. The van der Waals surface area contributed by atoms with Crippen LogP contribution in [0.2, 0.25) is 0 Å². The number of benzene rings is 1. The summed E-state index contributed by atoms with van der Waals surface area (Å²) in [6.07, 6.45) is 1.66. The highest BCUT2D eigenvalue weighted by Crippen LogP contribution is 2.24. The van der Waals surface area contributed by atoms with Crippen LogP contribution in [0.4, 0.5) is 5.69 Å². The van der Waals surface area contributed by atoms with Gasteiger partial charge < -0.3 is 9.88 Å². The van der Waals surface area contributed by atoms with Crippen LogP contribution in [0, 0.1) is 11.3 Å². The van der Waals surface area contributed by atoms with E-state index in [0.717, 1.165) is 5.16 Å². The molecule has 1 N–H and O–H groups in total. The van der Waals surface area contributed by atoms with E-state index in [0.29, 0.717) is 11.3 Å². The van der Waals surface area contributed by atoms with E-state index >= 15 is 0 Å². The maximum atomic E-state index is 12.2. The van der Waals surface area contributed by atoms with Crippen molar-refractivity contribution in [1.82, 2.24) is 14.8 Å². The Hall–Kier alpha value is -2.33. The second kappa shape index (κ2) is 7.09. The Kier molecular flexibility index (Phi) is 5.17. The number of hydrogen-bond acceptors (Lipinski definition) is 5. The summed E-state index contributed by atoms with van der Waals surface area (Å²) >= 11 is 1.37. The van der Waals surface area contributed by atoms with E-state index in [1.165, 1.54) is 11.8 Å². The number of amides is 1. The molecule has 2 rings (SSSR count). The van der Waals surface area contributed by atoms with Crippen molar-refractivity contribution in [3.8, 4) is 6.07 Å². The summed E-state index contributed by atoms with van der Waals surface area (Å²) in [6, 6.07) is 9.05. The molecule has 0 aliphatic carbocycles. The van der Waals surface area contributed by atoms with E-state index in [4.69, 9.17) is 5.26 Å². The van der Waals surface area contributed by atoms with Gasteiger partial charge in [-0.3, -0.25) is 4.79 Å². The average molecular weight is 315 g/mol. The number of thioether (sulfide) groups is 1. The summed E-state index contributed by atoms with van der Waals surface area (Å²) < 4.78 is 1.93. The van der Waals surface area contributed by atoms with Crippen LogP contribution >= 0.6 is 11.8 Å². The number of rotatable bonds is 5. The summed E-state index contributed by atoms with van der Waals surface area (Å²) in [5.74, 6) is -0.118. The molecule has 0 unspecified atom stereocenters. The van der Waals surface area contributed by atoms with Crippen molar-refractivity contribution < 1.29 is 4.79 Å². The zero-order valence-electron chi connectivity index (χ0n) is 12.6. The second-order valence-electron chi connectivity index (χ2n) is 5.05. The van der Waals surface area contributed by atoms with Crippen LogP contribution < -0.4 is 5.32 Å². The van der Waals surface area contributed by atoms with Crippen molar-refractivity contribution in [2.45, 2.75) is 37.2 Å². The minimum Gasteiger partial charge on any atom is -0.325 e. The van der Waals surface area contributed by atoms with Gasteiger partial charge >= 0.3 is 0 Å². The predicted octanol–water partition coefficient (Wildman–Crippen LogP) is 2.85. The minimum atomic E-state index is -0.308. The molecule has 0 bridgehead atoms. The highest BCUT2D eigenvalue weighted by atomic mass is 32.2. The van der Waals surface area contributed by atoms with Gasteiger partial charge in [0.1, 0.15) is 6.33 Å². The summed E-state index contributed by atoms with van der Waals surface area (Å²) in [6.45, 7) is 5.90. The first kappa shape index (κ1) is 16.0. The molecule has 1 heterocycles. The number of nitrogens with zero attached hydrogens (tertiary/aromatic N) is 4. The Morgan fingerprint density at radius 3 is 2.59 bits per heavy atom. The Bertz CT molecular complexity index is 687. The topological polar surface area (TPSA) is 83.6 Å². The highest BCUT2D eigenvalue weighted by molar-refractivity contribution is 8.00. The van der Waals surface area contributed by atoms with E-state index in [-0.39, 0.29) is 17.2 Å². The molecule has 6 nitrogen and oxygen atoms in total. The van der Waals surface area contributed by atoms with Gasteiger partial charge in [-0.15, -0.1) is 10.2 Å². The van der Waals surface area contributed by atoms with Crippen LogP contribution in [-0.4, -0.2) is 25.9 Å². The molecule has 1 aromatic carbocycles. The number of anilines is 1. The zero-order valence-corrected chi connectivity index (χ0v) is 13.5. The average Bonchev–Trinajstić information content (AvgIpc) is 2.96. The molecule has 0 aliphatic heterocycles. The van der Waals surface area contributed by atoms with Crippen molar-refractivity contribution in [3.63, 3.8) is 0 Å². The molecule has 2 aromatic rings. The molecule has 0 saturated heterocycles. The summed E-state index contributed by atoms with van der Waals surface area (Å²) in [4.78, 5) is 12.2. The molecule has 114 valence electrons. The maximum Gasteiger partial charge on any atom is 0.237 e. The predicted molar refractivity (Wildman–Crippen MR) is 85.5 cm³/mol. The van der Waals surface area contributed by atoms with Crippen molar-refractivity contribution >= 4 is 23.4 Å². The van der Waals surface area contributed by atoms with Gasteiger partial charge in [-0.2, -0.15) is 5.26 Å². The van der Waals surface area contributed by atoms with Crippen molar-refractivity contribution in [1.29, 1.82) is 5.26 Å². The van der Waals surface area contributed by atoms with Crippen molar-refractivity contribution in [3.05, 3.63) is 36.2 Å². The van der Waals surface area contributed by atoms with Crippen molar-refractivity contribution in [2.75, 3.05) is 5.32 Å². The molecule has 0 spiro atoms. The largest absolute Gasteiger partial charge is 0.325 e. The fourth-order valence-electron chi connectivity index (χ4n) is 1.75. The molecule has 0 saturated carbocycles. The third-order valence-electron chi connectivity index (χ3n) is 3.03. The fourth-order valence-corrected chi connectivity index (χ4v) is 2.71. The number of carbonyl (C=O) groups excluding carboxylic acids is 1. The monoisotopic (exact) mass is 315 g/mol. The van der Waals surface area contributed by atoms with Gasteiger partial charge in [-0.1, -0.05) is 11.8 Å². The van der Waals surface area contributed by atoms with Gasteiger partial charge in [0.25, 0.3) is 0 Å². The molecule has 1 atom stereocenters. The molecule has 7 heteroatoms. The molecular formula is C15H17N5OS. The SMILES string of the molecule is CC(C)n1cnnc1S[C@H](C)C(=O)Nc1ccc(C#N)cc1. The van der Waals surface area contributed by atoms with E-state index in [1.54, 1.807) is 30.6 Å². The molecular weight excluding hydrogens is 298 g/mol. The zero-order chi connectivity index (χ0) is 16.1. The van der Waals surface area contributed by atoms with Crippen LogP contribution in [0.5, 0.6) is 0 Å². The number of nitrogens with one attached hydrogen (secondary N) is 1. The molecule has 22 heavy (non-hydrogen) atoms. The van der Waals surface area contributed by atoms with E-state index in [1.807, 2.05) is 31.4 Å². The Morgan fingerprint density at radius 1 is 1.32 bits per heavy atom. The number of aromatic nitrogens is 3. The first-order chi connectivity index (χ1) is 10.5. The van der Waals surface area contributed by atoms with Crippen LogP contribution in [0.15, 0.2) is 35.7 Å². The Balaban J connectivity index is 1.99. The van der Waals surface area contributed by atoms with E-state index in [2.05, 4.69) is 15.5 Å². The number of carbonyl (C=O) groups is 1. The lowest BCUT2D eigenvalue weighted by Crippen LogP contribution is -2.23. The maximum absolute atomic E-state index is 12.2. The van der Waals surface area contributed by atoms with Gasteiger partial charge in [0, 0.05) is 11.7 Å². The van der Waals surface area contributed by atoms with Crippen LogP contribution in [0.3, 0.4) is 0 Å². The highest BCUT2D eigenvalue weighted by Gasteiger charge is 2.18. The molecule has 0 fully saturated rings. The minimum absolute atomic E-state index is 0.118. The second-order valence-corrected chi connectivity index (χ2v) is 6.36. The molecule has 1 aromatic heterocycles. The third kappa shape index (κ3) is 3.86. The van der Waals surface area contributed by atoms with Gasteiger partial charge in [0.15, 0.2) is 5.16 Å². The van der Waals surface area contributed by atoms with Gasteiger partial charge in [0.05, 0.1) is 16.9 Å². The first-order valence-electron chi connectivity index (χ1n) is 6.88. The lowest BCUT2D eigenvalue weighted by molar-refractivity contribution is -0.115. The number of hydrogen-bond donors (Lipinski definition) is 1. The first-order valence-corrected chi connectivity index (χ1v) is 7.76. The Labute approximate surface area is 133 Å². The lowest BCUT2D eigenvalue weighted by atomic mass is 10.2. The quantitative estimate of drug-likeness (QED) is 0.858. The van der Waals surface area contributed by atoms with Gasteiger partial charge in [0.2, 0.25) is 5.91 Å². The molecule has 1 amide bonds. The standard InChI is InChI=1S/C15H17N5OS/c1-10(2)20-9-17-19-15(20)22-11(3)14(21)18-13-6-4-12(8-16)5-7-13/h4-7,9-11H,1-3H3,(H,18,21)/t11-/m1/s1. The summed E-state index contributed by atoms with van der Waals surface area (Å²) in [7, 11) is 0. The van der Waals surface area contributed by atoms with E-state index < -0.39 is 0 Å². The van der Waals surface area contributed by atoms with Crippen LogP contribution in [0.1, 0.15) is 32.4 Å². The fraction of sp³-hybridized carbons (Fsp3) is 0.333. The number of nitriles is 1. The smallest absolute Gasteiger partial charge is 0.237 e. The molecule has 0 radical (unpaired) electrons. The van der Waals surface area contributed by atoms with Gasteiger partial charge in [-0.05, 0) is 45.0 Å². The van der Waals surface area contributed by atoms with Gasteiger partial charge in [-0.25, -0.2) is 0 Å². The van der Waals surface area contributed by atoms with Crippen molar-refractivity contribution in [2.24, 2.45) is 0 Å². The van der Waals surface area contributed by atoms with E-state index in [9.17, 15) is 4.79 Å². The van der Waals surface area contributed by atoms with Crippen LogP contribution in [0.25, 0.3) is 0 Å². The third-order valence-corrected chi connectivity index (χ3v) is 4.10. The Morgan fingerprint density at radius 2 is 2.00 bits per heavy atom. The lowest BCUT2D eigenvalue weighted by Gasteiger charge is -2.14. The normalized spacial score (nSPS) is 12.0. The summed E-state index contributed by atoms with van der Waals surface area (Å²) in [5, 5.41) is 19.9.